The fourth-order valence-electron chi connectivity index (χ4n) is 2.65. The average Bonchev–Trinajstić information content (AvgIpc) is 2.73. The summed E-state index contributed by atoms with van der Waals surface area (Å²) in [7, 11) is 0. The molecule has 0 saturated carbocycles. The largest absolute Gasteiger partial charge is 0.279 e. The van der Waals surface area contributed by atoms with Crippen LogP contribution in [0.3, 0.4) is 0 Å². The van der Waals surface area contributed by atoms with Crippen LogP contribution in [0.2, 0.25) is 0 Å². The molecule has 0 aliphatic rings. The van der Waals surface area contributed by atoms with Crippen molar-refractivity contribution in [2.75, 3.05) is 5.43 Å². The van der Waals surface area contributed by atoms with Crippen LogP contribution in [0, 0.1) is 34.0 Å². The lowest BCUT2D eigenvalue weighted by molar-refractivity contribution is 1.35. The lowest BCUT2D eigenvalue weighted by Gasteiger charge is -2.04. The Balaban J connectivity index is 1.79. The van der Waals surface area contributed by atoms with Crippen LogP contribution in [0.5, 0.6) is 0 Å². The van der Waals surface area contributed by atoms with Gasteiger partial charge in [-0.3, -0.25) is 5.43 Å². The summed E-state index contributed by atoms with van der Waals surface area (Å²) in [5.74, 6) is 0. The first-order chi connectivity index (χ1) is 13.3. The molecule has 5 nitrogen and oxygen atoms in total. The van der Waals surface area contributed by atoms with E-state index in [9.17, 15) is 5.26 Å². The second-order valence-corrected chi connectivity index (χ2v) is 5.60. The van der Waals surface area contributed by atoms with E-state index in [0.717, 1.165) is 22.0 Å². The first-order valence-corrected chi connectivity index (χ1v) is 8.08. The highest BCUT2D eigenvalue weighted by molar-refractivity contribution is 5.99. The van der Waals surface area contributed by atoms with Crippen molar-refractivity contribution in [2.24, 2.45) is 5.10 Å². The van der Waals surface area contributed by atoms with Crippen molar-refractivity contribution in [3.63, 3.8) is 0 Å². The number of nitrogens with one attached hydrogen (secondary N) is 1. The Labute approximate surface area is 156 Å². The summed E-state index contributed by atoms with van der Waals surface area (Å²) < 4.78 is 0. The highest BCUT2D eigenvalue weighted by Gasteiger charge is 2.08. The van der Waals surface area contributed by atoms with Gasteiger partial charge in [-0.15, -0.1) is 0 Å². The molecule has 0 radical (unpaired) electrons. The molecule has 0 fully saturated rings. The van der Waals surface area contributed by atoms with Crippen molar-refractivity contribution >= 4 is 28.2 Å². The Morgan fingerprint density at radius 2 is 1.52 bits per heavy atom. The van der Waals surface area contributed by atoms with Gasteiger partial charge in [0.05, 0.1) is 17.5 Å². The van der Waals surface area contributed by atoms with Crippen LogP contribution in [0.1, 0.15) is 11.1 Å². The van der Waals surface area contributed by atoms with Gasteiger partial charge in [0.2, 0.25) is 0 Å². The van der Waals surface area contributed by atoms with E-state index in [0.29, 0.717) is 5.56 Å². The first-order valence-electron chi connectivity index (χ1n) is 8.08. The molecule has 27 heavy (non-hydrogen) atoms. The van der Waals surface area contributed by atoms with Crippen LogP contribution in [0.4, 0.5) is 5.69 Å². The number of nitrogens with zero attached hydrogens (tertiary/aromatic N) is 4. The predicted molar refractivity (Wildman–Crippen MR) is 105 cm³/mol. The number of allylic oxidation sites excluding steroid dienone is 2. The maximum atomic E-state index is 9.19. The fraction of sp³-hybridized carbons (Fsp3) is 0. The topological polar surface area (TPSA) is 95.8 Å². The summed E-state index contributed by atoms with van der Waals surface area (Å²) in [6, 6.07) is 26.3. The molecule has 0 aromatic heterocycles. The Hall–Kier alpha value is -4.40. The number of nitriles is 3. The van der Waals surface area contributed by atoms with E-state index in [1.165, 1.54) is 0 Å². The minimum Gasteiger partial charge on any atom is -0.279 e. The molecule has 0 aliphatic carbocycles. The van der Waals surface area contributed by atoms with Crippen molar-refractivity contribution in [3.05, 3.63) is 83.4 Å². The lowest BCUT2D eigenvalue weighted by Crippen LogP contribution is -1.92. The summed E-state index contributed by atoms with van der Waals surface area (Å²) in [4.78, 5) is 0. The summed E-state index contributed by atoms with van der Waals surface area (Å²) in [5, 5.41) is 33.6. The molecule has 5 heteroatoms. The van der Waals surface area contributed by atoms with E-state index in [1.54, 1.807) is 42.6 Å². The highest BCUT2D eigenvalue weighted by atomic mass is 15.3. The molecule has 0 heterocycles. The lowest BCUT2D eigenvalue weighted by atomic mass is 10.0. The number of anilines is 1. The van der Waals surface area contributed by atoms with Crippen molar-refractivity contribution in [1.29, 1.82) is 15.8 Å². The van der Waals surface area contributed by atoms with Crippen molar-refractivity contribution < 1.29 is 0 Å². The zero-order valence-electron chi connectivity index (χ0n) is 14.2. The molecule has 0 unspecified atom stereocenters. The Morgan fingerprint density at radius 3 is 2.22 bits per heavy atom. The number of hydrazone groups is 1. The maximum absolute atomic E-state index is 9.19. The van der Waals surface area contributed by atoms with Gasteiger partial charge in [-0.1, -0.05) is 54.6 Å². The van der Waals surface area contributed by atoms with Gasteiger partial charge in [0.15, 0.2) is 0 Å². The molecular weight excluding hydrogens is 334 g/mol. The molecule has 0 bridgehead atoms. The second-order valence-electron chi connectivity index (χ2n) is 5.60. The molecule has 0 aliphatic heterocycles. The van der Waals surface area contributed by atoms with Crippen molar-refractivity contribution in [3.8, 4) is 18.2 Å². The summed E-state index contributed by atoms with van der Waals surface area (Å²) in [6.45, 7) is 0. The number of fused-ring (bicyclic) bond motifs is 1. The quantitative estimate of drug-likeness (QED) is 0.423. The van der Waals surface area contributed by atoms with E-state index in [4.69, 9.17) is 10.5 Å². The summed E-state index contributed by atoms with van der Waals surface area (Å²) >= 11 is 0. The van der Waals surface area contributed by atoms with Crippen molar-refractivity contribution in [1.82, 2.24) is 0 Å². The first kappa shape index (κ1) is 17.4. The molecule has 126 valence electrons. The molecule has 0 atom stereocenters. The Bertz CT molecular complexity index is 1150. The van der Waals surface area contributed by atoms with E-state index < -0.39 is 0 Å². The molecule has 3 aromatic rings. The van der Waals surface area contributed by atoms with Gasteiger partial charge in [-0.25, -0.2) is 0 Å². The van der Waals surface area contributed by atoms with Crippen LogP contribution in [-0.4, -0.2) is 6.21 Å². The third kappa shape index (κ3) is 3.82. The number of rotatable bonds is 4. The zero-order chi connectivity index (χ0) is 19.1. The fourth-order valence-corrected chi connectivity index (χ4v) is 2.65. The van der Waals surface area contributed by atoms with Gasteiger partial charge in [0, 0.05) is 5.56 Å². The van der Waals surface area contributed by atoms with Crippen LogP contribution in [0.25, 0.3) is 16.3 Å². The predicted octanol–water partition coefficient (Wildman–Crippen LogP) is 4.61. The molecular formula is C22H13N5. The summed E-state index contributed by atoms with van der Waals surface area (Å²) in [5.41, 5.74) is 5.04. The van der Waals surface area contributed by atoms with Crippen LogP contribution in [0.15, 0.2) is 77.4 Å². The van der Waals surface area contributed by atoms with E-state index in [2.05, 4.69) is 22.7 Å². The third-order valence-electron chi connectivity index (χ3n) is 3.98. The number of hydrogen-bond donors (Lipinski definition) is 1. The number of hydrogen-bond acceptors (Lipinski definition) is 5. The van der Waals surface area contributed by atoms with E-state index >= 15 is 0 Å². The van der Waals surface area contributed by atoms with Crippen LogP contribution < -0.4 is 5.43 Å². The van der Waals surface area contributed by atoms with Gasteiger partial charge < -0.3 is 0 Å². The van der Waals surface area contributed by atoms with E-state index in [1.807, 2.05) is 36.4 Å². The second kappa shape index (κ2) is 8.12. The van der Waals surface area contributed by atoms with Gasteiger partial charge in [-0.2, -0.15) is 20.9 Å². The Morgan fingerprint density at radius 1 is 0.815 bits per heavy atom. The number of benzene rings is 3. The highest BCUT2D eigenvalue weighted by Crippen LogP contribution is 2.20. The monoisotopic (exact) mass is 347 g/mol. The minimum atomic E-state index is -0.202. The SMILES string of the molecule is N#CC(C#N)=C(C#N)c1ccc(N/N=C/c2cccc3ccccc23)cc1. The molecule has 3 aromatic carbocycles. The standard InChI is InChI=1S/C22H13N5/c23-12-19(13-24)22(14-25)17-8-10-20(11-9-17)27-26-15-18-6-3-5-16-4-1-2-7-21(16)18/h1-11,15,27H/b26-15+. The van der Waals surface area contributed by atoms with Crippen LogP contribution in [-0.2, 0) is 0 Å². The van der Waals surface area contributed by atoms with Crippen LogP contribution >= 0.6 is 0 Å². The minimum absolute atomic E-state index is 0.0609. The normalized spacial score (nSPS) is 9.96. The zero-order valence-corrected chi connectivity index (χ0v) is 14.2. The Kier molecular flexibility index (Phi) is 5.24. The molecule has 1 N–H and O–H groups in total. The maximum Gasteiger partial charge on any atom is 0.148 e. The van der Waals surface area contributed by atoms with Gasteiger partial charge in [0.1, 0.15) is 23.8 Å². The van der Waals surface area contributed by atoms with Gasteiger partial charge >= 0.3 is 0 Å². The average molecular weight is 347 g/mol. The molecule has 0 amide bonds. The molecule has 3 rings (SSSR count). The molecule has 0 spiro atoms. The van der Waals surface area contributed by atoms with E-state index in [-0.39, 0.29) is 11.1 Å². The molecule has 0 saturated heterocycles. The smallest absolute Gasteiger partial charge is 0.148 e. The third-order valence-corrected chi connectivity index (χ3v) is 3.98. The summed E-state index contributed by atoms with van der Waals surface area (Å²) in [6.07, 6.45) is 1.75. The van der Waals surface area contributed by atoms with Gasteiger partial charge in [0.25, 0.3) is 0 Å². The van der Waals surface area contributed by atoms with Crippen molar-refractivity contribution in [2.45, 2.75) is 0 Å². The van der Waals surface area contributed by atoms with Gasteiger partial charge in [-0.05, 0) is 28.5 Å².